The van der Waals surface area contributed by atoms with Gasteiger partial charge in [0, 0.05) is 38.6 Å². The van der Waals surface area contributed by atoms with Crippen molar-refractivity contribution >= 4 is 5.65 Å². The topological polar surface area (TPSA) is 29.8 Å². The zero-order valence-electron chi connectivity index (χ0n) is 13.8. The van der Waals surface area contributed by atoms with E-state index in [1.165, 1.54) is 11.3 Å². The monoisotopic (exact) mass is 309 g/mol. The second kappa shape index (κ2) is 7.40. The third-order valence-electron chi connectivity index (χ3n) is 3.99. The molecule has 0 saturated heterocycles. The van der Waals surface area contributed by atoms with Gasteiger partial charge in [0.1, 0.15) is 5.65 Å². The highest BCUT2D eigenvalue weighted by molar-refractivity contribution is 5.41. The fourth-order valence-corrected chi connectivity index (χ4v) is 2.78. The van der Waals surface area contributed by atoms with Crippen LogP contribution in [0.15, 0.2) is 54.7 Å². The molecule has 4 nitrogen and oxygen atoms in total. The minimum absolute atomic E-state index is 0.721. The lowest BCUT2D eigenvalue weighted by Crippen LogP contribution is -2.26. The lowest BCUT2D eigenvalue weighted by atomic mass is 10.2. The number of benzene rings is 1. The van der Waals surface area contributed by atoms with E-state index in [2.05, 4.69) is 52.8 Å². The van der Waals surface area contributed by atoms with Crippen LogP contribution in [0.25, 0.3) is 5.65 Å². The second-order valence-corrected chi connectivity index (χ2v) is 5.82. The minimum Gasteiger partial charge on any atom is -0.383 e. The normalized spacial score (nSPS) is 11.4. The number of nitrogens with zero attached hydrogens (tertiary/aromatic N) is 3. The summed E-state index contributed by atoms with van der Waals surface area (Å²) in [5.74, 6) is 0. The fourth-order valence-electron chi connectivity index (χ4n) is 2.78. The van der Waals surface area contributed by atoms with Gasteiger partial charge in [0.15, 0.2) is 0 Å². The molecule has 3 aromatic rings. The molecule has 0 atom stereocenters. The smallest absolute Gasteiger partial charge is 0.137 e. The van der Waals surface area contributed by atoms with Crippen molar-refractivity contribution in [2.24, 2.45) is 0 Å². The van der Waals surface area contributed by atoms with Gasteiger partial charge in [0.25, 0.3) is 0 Å². The summed E-state index contributed by atoms with van der Waals surface area (Å²) < 4.78 is 7.40. The number of ether oxygens (including phenoxy) is 1. The van der Waals surface area contributed by atoms with E-state index in [1.807, 2.05) is 18.2 Å². The van der Waals surface area contributed by atoms with Crippen molar-refractivity contribution in [3.63, 3.8) is 0 Å². The van der Waals surface area contributed by atoms with Crippen molar-refractivity contribution in [3.8, 4) is 0 Å². The zero-order chi connectivity index (χ0) is 16.1. The maximum atomic E-state index is 5.26. The van der Waals surface area contributed by atoms with Crippen LogP contribution in [0.1, 0.15) is 17.0 Å². The number of rotatable bonds is 7. The molecule has 1 aromatic carbocycles. The zero-order valence-corrected chi connectivity index (χ0v) is 13.8. The molecule has 0 saturated carbocycles. The summed E-state index contributed by atoms with van der Waals surface area (Å²) in [6.07, 6.45) is 2.13. The van der Waals surface area contributed by atoms with Crippen LogP contribution in [0.2, 0.25) is 0 Å². The van der Waals surface area contributed by atoms with Crippen LogP contribution in [-0.4, -0.2) is 34.5 Å². The molecule has 0 radical (unpaired) electrons. The van der Waals surface area contributed by atoms with Crippen molar-refractivity contribution < 1.29 is 4.74 Å². The van der Waals surface area contributed by atoms with Gasteiger partial charge in [-0.15, -0.1) is 0 Å². The molecule has 0 N–H and O–H groups in total. The van der Waals surface area contributed by atoms with Crippen molar-refractivity contribution in [1.82, 2.24) is 14.3 Å². The molecule has 2 heterocycles. The van der Waals surface area contributed by atoms with Crippen LogP contribution in [0.5, 0.6) is 0 Å². The first kappa shape index (κ1) is 15.7. The lowest BCUT2D eigenvalue weighted by Gasteiger charge is -2.21. The minimum atomic E-state index is 0.721. The molecule has 0 fully saturated rings. The summed E-state index contributed by atoms with van der Waals surface area (Å²) in [5, 5.41) is 0. The van der Waals surface area contributed by atoms with Crippen LogP contribution >= 0.6 is 0 Å². The second-order valence-electron chi connectivity index (χ2n) is 5.82. The van der Waals surface area contributed by atoms with Crippen LogP contribution in [0.3, 0.4) is 0 Å². The molecular weight excluding hydrogens is 286 g/mol. The standard InChI is InChI=1S/C19H23N3O/c1-16-7-6-10-19-20-18(15-22(16)19)14-21(11-12-23-2)13-17-8-4-3-5-9-17/h3-10,15H,11-14H2,1-2H3. The number of hydrogen-bond acceptors (Lipinski definition) is 3. The molecule has 23 heavy (non-hydrogen) atoms. The highest BCUT2D eigenvalue weighted by Gasteiger charge is 2.10. The molecular formula is C19H23N3O. The van der Waals surface area contributed by atoms with Crippen molar-refractivity contribution in [2.75, 3.05) is 20.3 Å². The Morgan fingerprint density at radius 3 is 2.61 bits per heavy atom. The van der Waals surface area contributed by atoms with Gasteiger partial charge >= 0.3 is 0 Å². The predicted octanol–water partition coefficient (Wildman–Crippen LogP) is 3.29. The maximum Gasteiger partial charge on any atom is 0.137 e. The van der Waals surface area contributed by atoms with Gasteiger partial charge < -0.3 is 9.14 Å². The Labute approximate surface area is 137 Å². The average molecular weight is 309 g/mol. The average Bonchev–Trinajstić information content (AvgIpc) is 2.97. The Balaban J connectivity index is 1.77. The molecule has 4 heteroatoms. The van der Waals surface area contributed by atoms with Gasteiger partial charge in [0.05, 0.1) is 12.3 Å². The number of methoxy groups -OCH3 is 1. The van der Waals surface area contributed by atoms with E-state index in [0.717, 1.165) is 37.6 Å². The van der Waals surface area contributed by atoms with E-state index in [-0.39, 0.29) is 0 Å². The number of aryl methyl sites for hydroxylation is 1. The molecule has 0 bridgehead atoms. The molecule has 120 valence electrons. The largest absolute Gasteiger partial charge is 0.383 e. The molecule has 0 aliphatic carbocycles. The quantitative estimate of drug-likeness (QED) is 0.671. The Kier molecular flexibility index (Phi) is 5.05. The lowest BCUT2D eigenvalue weighted by molar-refractivity contribution is 0.139. The molecule has 3 rings (SSSR count). The van der Waals surface area contributed by atoms with Crippen LogP contribution in [0.4, 0.5) is 0 Å². The third kappa shape index (κ3) is 3.97. The highest BCUT2D eigenvalue weighted by Crippen LogP contribution is 2.12. The van der Waals surface area contributed by atoms with Gasteiger partial charge in [-0.25, -0.2) is 4.98 Å². The van der Waals surface area contributed by atoms with Gasteiger partial charge in [0.2, 0.25) is 0 Å². The number of fused-ring (bicyclic) bond motifs is 1. The molecule has 0 unspecified atom stereocenters. The van der Waals surface area contributed by atoms with E-state index >= 15 is 0 Å². The van der Waals surface area contributed by atoms with E-state index < -0.39 is 0 Å². The summed E-state index contributed by atoms with van der Waals surface area (Å²) >= 11 is 0. The predicted molar refractivity (Wildman–Crippen MR) is 92.4 cm³/mol. The SMILES string of the molecule is COCCN(Cc1ccccc1)Cc1cn2c(C)cccc2n1. The Bertz CT molecular complexity index is 752. The van der Waals surface area contributed by atoms with E-state index in [4.69, 9.17) is 9.72 Å². The van der Waals surface area contributed by atoms with Gasteiger partial charge in [-0.2, -0.15) is 0 Å². The van der Waals surface area contributed by atoms with Crippen molar-refractivity contribution in [3.05, 3.63) is 71.7 Å². The van der Waals surface area contributed by atoms with Crippen LogP contribution in [-0.2, 0) is 17.8 Å². The summed E-state index contributed by atoms with van der Waals surface area (Å²) in [7, 11) is 1.75. The summed E-state index contributed by atoms with van der Waals surface area (Å²) in [5.41, 5.74) is 4.61. The summed E-state index contributed by atoms with van der Waals surface area (Å²) in [6.45, 7) is 5.43. The maximum absolute atomic E-state index is 5.26. The van der Waals surface area contributed by atoms with Crippen molar-refractivity contribution in [2.45, 2.75) is 20.0 Å². The molecule has 0 spiro atoms. The van der Waals surface area contributed by atoms with E-state index in [1.54, 1.807) is 7.11 Å². The van der Waals surface area contributed by atoms with Crippen LogP contribution in [0, 0.1) is 6.92 Å². The van der Waals surface area contributed by atoms with E-state index in [0.29, 0.717) is 0 Å². The molecule has 0 amide bonds. The molecule has 0 aliphatic rings. The number of aromatic nitrogens is 2. The summed E-state index contributed by atoms with van der Waals surface area (Å²) in [6, 6.07) is 16.7. The Morgan fingerprint density at radius 1 is 1.04 bits per heavy atom. The molecule has 0 aliphatic heterocycles. The van der Waals surface area contributed by atoms with E-state index in [9.17, 15) is 0 Å². The first-order valence-electron chi connectivity index (χ1n) is 7.95. The first-order chi connectivity index (χ1) is 11.3. The Hall–Kier alpha value is -2.17. The van der Waals surface area contributed by atoms with Gasteiger partial charge in [-0.3, -0.25) is 4.90 Å². The summed E-state index contributed by atoms with van der Waals surface area (Å²) in [4.78, 5) is 7.11. The third-order valence-corrected chi connectivity index (χ3v) is 3.99. The number of hydrogen-bond donors (Lipinski definition) is 0. The molecule has 2 aromatic heterocycles. The highest BCUT2D eigenvalue weighted by atomic mass is 16.5. The Morgan fingerprint density at radius 2 is 1.87 bits per heavy atom. The fraction of sp³-hybridized carbons (Fsp3) is 0.316. The van der Waals surface area contributed by atoms with Gasteiger partial charge in [-0.05, 0) is 24.6 Å². The number of pyridine rings is 1. The van der Waals surface area contributed by atoms with Crippen LogP contribution < -0.4 is 0 Å². The van der Waals surface area contributed by atoms with Crippen molar-refractivity contribution in [1.29, 1.82) is 0 Å². The number of imidazole rings is 1. The van der Waals surface area contributed by atoms with Gasteiger partial charge in [-0.1, -0.05) is 36.4 Å². The first-order valence-corrected chi connectivity index (χ1v) is 7.95.